The van der Waals surface area contributed by atoms with Gasteiger partial charge in [-0.15, -0.1) is 12.4 Å². The first-order valence-electron chi connectivity index (χ1n) is 8.72. The Morgan fingerprint density at radius 1 is 1.31 bits per heavy atom. The highest BCUT2D eigenvalue weighted by Gasteiger charge is 2.47. The third-order valence-corrected chi connectivity index (χ3v) is 5.15. The molecule has 0 spiro atoms. The van der Waals surface area contributed by atoms with E-state index < -0.39 is 12.2 Å². The Kier molecular flexibility index (Phi) is 6.93. The molecule has 3 unspecified atom stereocenters. The molecule has 0 radical (unpaired) electrons. The number of alkyl halides is 3. The summed E-state index contributed by atoms with van der Waals surface area (Å²) in [7, 11) is 0. The fourth-order valence-corrected chi connectivity index (χ4v) is 3.61. The molecular formula is C18H25ClF3N3O. The van der Waals surface area contributed by atoms with Gasteiger partial charge in [0.2, 0.25) is 5.91 Å². The van der Waals surface area contributed by atoms with Crippen LogP contribution in [0.4, 0.5) is 13.2 Å². The topological polar surface area (TPSA) is 44.4 Å². The Labute approximate surface area is 157 Å². The molecule has 1 heterocycles. The summed E-state index contributed by atoms with van der Waals surface area (Å²) in [5, 5.41) is 5.59. The summed E-state index contributed by atoms with van der Waals surface area (Å²) < 4.78 is 40.1. The van der Waals surface area contributed by atoms with Gasteiger partial charge in [0.25, 0.3) is 0 Å². The predicted molar refractivity (Wildman–Crippen MR) is 96.6 cm³/mol. The zero-order valence-electron chi connectivity index (χ0n) is 14.7. The van der Waals surface area contributed by atoms with Crippen LogP contribution in [0.5, 0.6) is 0 Å². The maximum Gasteiger partial charge on any atom is 0.405 e. The lowest BCUT2D eigenvalue weighted by Gasteiger charge is -2.35. The summed E-state index contributed by atoms with van der Waals surface area (Å²) >= 11 is 0. The monoisotopic (exact) mass is 391 g/mol. The molecule has 2 aliphatic rings. The van der Waals surface area contributed by atoms with Crippen molar-refractivity contribution in [3.05, 3.63) is 35.4 Å². The molecule has 1 saturated carbocycles. The normalized spacial score (nSPS) is 24.5. The molecule has 1 aliphatic carbocycles. The van der Waals surface area contributed by atoms with Crippen LogP contribution < -0.4 is 10.6 Å². The van der Waals surface area contributed by atoms with Crippen molar-refractivity contribution >= 4 is 18.3 Å². The maximum atomic E-state index is 13.4. The third-order valence-electron chi connectivity index (χ3n) is 5.15. The van der Waals surface area contributed by atoms with Crippen LogP contribution in [-0.2, 0) is 4.79 Å². The van der Waals surface area contributed by atoms with Gasteiger partial charge in [-0.1, -0.05) is 24.3 Å². The zero-order valence-corrected chi connectivity index (χ0v) is 15.5. The quantitative estimate of drug-likeness (QED) is 0.810. The number of carbonyl (C=O) groups excluding carboxylic acids is 1. The van der Waals surface area contributed by atoms with Crippen LogP contribution in [0, 0.1) is 12.8 Å². The van der Waals surface area contributed by atoms with Gasteiger partial charge in [-0.05, 0) is 30.4 Å². The molecule has 2 fully saturated rings. The highest BCUT2D eigenvalue weighted by molar-refractivity contribution is 5.85. The smallest absolute Gasteiger partial charge is 0.354 e. The van der Waals surface area contributed by atoms with E-state index in [2.05, 4.69) is 10.6 Å². The minimum atomic E-state index is -4.34. The highest BCUT2D eigenvalue weighted by Crippen LogP contribution is 2.48. The zero-order chi connectivity index (χ0) is 18.0. The molecule has 2 N–H and O–H groups in total. The second-order valence-electron chi connectivity index (χ2n) is 6.89. The lowest BCUT2D eigenvalue weighted by Crippen LogP contribution is -2.57. The molecule has 1 saturated heterocycles. The molecule has 1 aromatic carbocycles. The fraction of sp³-hybridized carbons (Fsp3) is 0.611. The number of hydrogen-bond acceptors (Lipinski definition) is 3. The molecule has 3 rings (SSSR count). The van der Waals surface area contributed by atoms with E-state index in [9.17, 15) is 18.0 Å². The van der Waals surface area contributed by atoms with Crippen LogP contribution in [0.2, 0.25) is 0 Å². The minimum absolute atomic E-state index is 0. The Morgan fingerprint density at radius 3 is 2.58 bits per heavy atom. The number of nitrogens with one attached hydrogen (secondary N) is 2. The van der Waals surface area contributed by atoms with Crippen LogP contribution in [0.1, 0.15) is 23.5 Å². The summed E-state index contributed by atoms with van der Waals surface area (Å²) in [6.07, 6.45) is -3.63. The van der Waals surface area contributed by atoms with E-state index in [0.29, 0.717) is 32.6 Å². The van der Waals surface area contributed by atoms with E-state index >= 15 is 0 Å². The van der Waals surface area contributed by atoms with Crippen LogP contribution >= 0.6 is 12.4 Å². The molecule has 1 amide bonds. The molecule has 146 valence electrons. The maximum absolute atomic E-state index is 13.4. The van der Waals surface area contributed by atoms with Crippen molar-refractivity contribution in [2.45, 2.75) is 31.5 Å². The Balaban J connectivity index is 0.00000243. The highest BCUT2D eigenvalue weighted by atomic mass is 35.5. The Bertz CT molecular complexity index is 620. The van der Waals surface area contributed by atoms with Crippen LogP contribution in [-0.4, -0.2) is 55.7 Å². The SMILES string of the molecule is Cc1ccccc1C1CC1C(=O)NCC(N1CCNCC1)C(F)(F)F.Cl. The van der Waals surface area contributed by atoms with Crippen molar-refractivity contribution in [3.63, 3.8) is 0 Å². The largest absolute Gasteiger partial charge is 0.405 e. The molecule has 8 heteroatoms. The van der Waals surface area contributed by atoms with Crippen molar-refractivity contribution in [2.75, 3.05) is 32.7 Å². The summed E-state index contributed by atoms with van der Waals surface area (Å²) in [6, 6.07) is 6.24. The van der Waals surface area contributed by atoms with Gasteiger partial charge in [-0.3, -0.25) is 9.69 Å². The third kappa shape index (κ3) is 4.90. The number of piperazine rings is 1. The molecular weight excluding hydrogens is 367 g/mol. The number of hydrogen-bond donors (Lipinski definition) is 2. The van der Waals surface area contributed by atoms with Crippen molar-refractivity contribution in [3.8, 4) is 0 Å². The predicted octanol–water partition coefficient (Wildman–Crippen LogP) is 2.47. The summed E-state index contributed by atoms with van der Waals surface area (Å²) in [6.45, 7) is 3.38. The van der Waals surface area contributed by atoms with Crippen LogP contribution in [0.25, 0.3) is 0 Å². The van der Waals surface area contributed by atoms with Crippen LogP contribution in [0.15, 0.2) is 24.3 Å². The lowest BCUT2D eigenvalue weighted by atomic mass is 10.0. The number of halogens is 4. The first kappa shape index (κ1) is 21.0. The van der Waals surface area contributed by atoms with E-state index in [1.807, 2.05) is 31.2 Å². The van der Waals surface area contributed by atoms with E-state index in [1.54, 1.807) is 0 Å². The average Bonchev–Trinajstić information content (AvgIpc) is 3.35. The van der Waals surface area contributed by atoms with Crippen LogP contribution in [0.3, 0.4) is 0 Å². The minimum Gasteiger partial charge on any atom is -0.354 e. The van der Waals surface area contributed by atoms with Crippen molar-refractivity contribution in [1.82, 2.24) is 15.5 Å². The standard InChI is InChI=1S/C18H24F3N3O.ClH/c1-12-4-2-3-5-13(12)14-10-15(14)17(25)23-11-16(18(19,20)21)24-8-6-22-7-9-24;/h2-5,14-16,22H,6-11H2,1H3,(H,23,25);1H. The van der Waals surface area contributed by atoms with E-state index in [-0.39, 0.29) is 36.7 Å². The summed E-state index contributed by atoms with van der Waals surface area (Å²) in [4.78, 5) is 13.7. The van der Waals surface area contributed by atoms with E-state index in [1.165, 1.54) is 4.90 Å². The molecule has 0 bridgehead atoms. The van der Waals surface area contributed by atoms with Gasteiger partial charge in [0, 0.05) is 38.6 Å². The van der Waals surface area contributed by atoms with E-state index in [0.717, 1.165) is 11.1 Å². The number of aryl methyl sites for hydroxylation is 1. The van der Waals surface area contributed by atoms with Crippen molar-refractivity contribution in [2.24, 2.45) is 5.92 Å². The van der Waals surface area contributed by atoms with Gasteiger partial charge in [-0.2, -0.15) is 13.2 Å². The average molecular weight is 392 g/mol. The first-order chi connectivity index (χ1) is 11.9. The summed E-state index contributed by atoms with van der Waals surface area (Å²) in [5.41, 5.74) is 2.24. The lowest BCUT2D eigenvalue weighted by molar-refractivity contribution is -0.184. The van der Waals surface area contributed by atoms with E-state index in [4.69, 9.17) is 0 Å². The molecule has 1 aliphatic heterocycles. The second kappa shape index (κ2) is 8.59. The molecule has 26 heavy (non-hydrogen) atoms. The Hall–Kier alpha value is -1.31. The number of benzene rings is 1. The molecule has 1 aromatic rings. The number of nitrogens with zero attached hydrogens (tertiary/aromatic N) is 1. The van der Waals surface area contributed by atoms with Gasteiger partial charge < -0.3 is 10.6 Å². The number of carbonyl (C=O) groups is 1. The second-order valence-corrected chi connectivity index (χ2v) is 6.89. The van der Waals surface area contributed by atoms with Gasteiger partial charge in [0.1, 0.15) is 6.04 Å². The Morgan fingerprint density at radius 2 is 1.96 bits per heavy atom. The van der Waals surface area contributed by atoms with Gasteiger partial charge >= 0.3 is 6.18 Å². The van der Waals surface area contributed by atoms with Crippen molar-refractivity contribution < 1.29 is 18.0 Å². The molecule has 4 nitrogen and oxygen atoms in total. The number of amides is 1. The fourth-order valence-electron chi connectivity index (χ4n) is 3.61. The first-order valence-corrected chi connectivity index (χ1v) is 8.72. The van der Waals surface area contributed by atoms with Gasteiger partial charge in [0.05, 0.1) is 0 Å². The van der Waals surface area contributed by atoms with Crippen molar-refractivity contribution in [1.29, 1.82) is 0 Å². The number of rotatable bonds is 5. The summed E-state index contributed by atoms with van der Waals surface area (Å²) in [5.74, 6) is -0.347. The molecule has 3 atom stereocenters. The molecule has 0 aromatic heterocycles. The van der Waals surface area contributed by atoms with Gasteiger partial charge in [-0.25, -0.2) is 0 Å². The van der Waals surface area contributed by atoms with Gasteiger partial charge in [0.15, 0.2) is 0 Å².